The highest BCUT2D eigenvalue weighted by atomic mass is 16.5. The number of ketones is 1. The lowest BCUT2D eigenvalue weighted by Gasteiger charge is -2.26. The summed E-state index contributed by atoms with van der Waals surface area (Å²) < 4.78 is 19.2. The summed E-state index contributed by atoms with van der Waals surface area (Å²) in [7, 11) is 1.56. The molecule has 9 nitrogen and oxygen atoms in total. The number of rotatable bonds is 11. The predicted octanol–water partition coefficient (Wildman–Crippen LogP) is 4.91. The number of hydrogen-bond acceptors (Lipinski definition) is 7. The van der Waals surface area contributed by atoms with Crippen molar-refractivity contribution in [2.75, 3.05) is 20.3 Å². The van der Waals surface area contributed by atoms with Gasteiger partial charge in [0.05, 0.1) is 31.7 Å². The summed E-state index contributed by atoms with van der Waals surface area (Å²) in [5.41, 5.74) is 2.14. The number of amides is 1. The normalized spacial score (nSPS) is 19.5. The van der Waals surface area contributed by atoms with Gasteiger partial charge in [0.15, 0.2) is 11.5 Å². The van der Waals surface area contributed by atoms with E-state index in [2.05, 4.69) is 11.9 Å². The molecular formula is C31H35N3O6. The van der Waals surface area contributed by atoms with Gasteiger partial charge < -0.3 is 28.8 Å². The Kier molecular flexibility index (Phi) is 8.09. The predicted molar refractivity (Wildman–Crippen MR) is 149 cm³/mol. The van der Waals surface area contributed by atoms with E-state index >= 15 is 0 Å². The number of nitrogens with zero attached hydrogens (tertiary/aromatic N) is 3. The van der Waals surface area contributed by atoms with Crippen molar-refractivity contribution in [3.63, 3.8) is 0 Å². The first kappa shape index (κ1) is 27.3. The summed E-state index contributed by atoms with van der Waals surface area (Å²) in [4.78, 5) is 32.5. The number of aromatic nitrogens is 2. The lowest BCUT2D eigenvalue weighted by molar-refractivity contribution is -0.139. The highest BCUT2D eigenvalue weighted by molar-refractivity contribution is 6.46. The molecular weight excluding hydrogens is 510 g/mol. The number of likely N-dealkylation sites (tertiary alicyclic amines) is 1. The molecule has 210 valence electrons. The van der Waals surface area contributed by atoms with Gasteiger partial charge in [-0.3, -0.25) is 9.59 Å². The van der Waals surface area contributed by atoms with Gasteiger partial charge in [-0.1, -0.05) is 19.4 Å². The van der Waals surface area contributed by atoms with E-state index in [4.69, 9.17) is 14.2 Å². The standard InChI is InChI=1S/C31H35N3O6/c1-4-5-15-39-25-10-7-21(18-26(25)38-3)28-27(29(35)22-8-9-24-23(17-22)16-20(2)40-24)30(36)31(37)34(28)13-6-12-33-14-11-32-19-33/h7-11,14,17-20,28,35H,4-6,12-13,15-16H2,1-3H3/t20-,28-/m0/s1. The summed E-state index contributed by atoms with van der Waals surface area (Å²) in [5.74, 6) is 0.301. The molecule has 3 aromatic rings. The fraction of sp³-hybridized carbons (Fsp3) is 0.387. The van der Waals surface area contributed by atoms with Crippen LogP contribution in [0.1, 0.15) is 55.8 Å². The topological polar surface area (TPSA) is 103 Å². The third-order valence-corrected chi connectivity index (χ3v) is 7.34. The number of Topliss-reactive ketones (excluding diaryl/α,β-unsaturated/α-hetero) is 1. The Labute approximate surface area is 234 Å². The zero-order valence-electron chi connectivity index (χ0n) is 23.1. The Bertz CT molecular complexity index is 1410. The molecule has 0 radical (unpaired) electrons. The van der Waals surface area contributed by atoms with Crippen molar-refractivity contribution in [3.8, 4) is 17.2 Å². The molecule has 0 aliphatic carbocycles. The molecule has 1 fully saturated rings. The molecule has 9 heteroatoms. The molecule has 0 bridgehead atoms. The molecule has 0 unspecified atom stereocenters. The number of hydrogen-bond donors (Lipinski definition) is 1. The number of aliphatic hydroxyl groups is 1. The maximum atomic E-state index is 13.5. The molecule has 1 aromatic heterocycles. The third kappa shape index (κ3) is 5.41. The molecule has 3 heterocycles. The largest absolute Gasteiger partial charge is 0.507 e. The number of benzene rings is 2. The molecule has 5 rings (SSSR count). The Balaban J connectivity index is 1.53. The van der Waals surface area contributed by atoms with E-state index in [1.807, 2.05) is 29.8 Å². The molecule has 2 aliphatic rings. The van der Waals surface area contributed by atoms with Crippen molar-refractivity contribution in [2.24, 2.45) is 0 Å². The van der Waals surface area contributed by atoms with Gasteiger partial charge in [0.1, 0.15) is 17.6 Å². The number of fused-ring (bicyclic) bond motifs is 1. The number of methoxy groups -OCH3 is 1. The number of aliphatic hydroxyl groups excluding tert-OH is 1. The monoisotopic (exact) mass is 545 g/mol. The van der Waals surface area contributed by atoms with E-state index in [1.165, 1.54) is 4.90 Å². The zero-order chi connectivity index (χ0) is 28.2. The van der Waals surface area contributed by atoms with Gasteiger partial charge in [0.25, 0.3) is 11.7 Å². The lowest BCUT2D eigenvalue weighted by atomic mass is 9.94. The van der Waals surface area contributed by atoms with Crippen LogP contribution in [0.5, 0.6) is 17.2 Å². The summed E-state index contributed by atoms with van der Waals surface area (Å²) in [6.45, 7) is 5.58. The SMILES string of the molecule is CCCCOc1ccc([C@H]2C(=C(O)c3ccc4c(c3)C[C@H](C)O4)C(=O)C(=O)N2CCCn2ccnc2)cc1OC. The number of aryl methyl sites for hydroxylation is 1. The Hall–Kier alpha value is -4.27. The summed E-state index contributed by atoms with van der Waals surface area (Å²) in [6.07, 6.45) is 8.53. The van der Waals surface area contributed by atoms with Gasteiger partial charge in [0, 0.05) is 37.5 Å². The lowest BCUT2D eigenvalue weighted by Crippen LogP contribution is -2.31. The van der Waals surface area contributed by atoms with Gasteiger partial charge in [-0.15, -0.1) is 0 Å². The minimum Gasteiger partial charge on any atom is -0.507 e. The van der Waals surface area contributed by atoms with Gasteiger partial charge in [-0.2, -0.15) is 0 Å². The number of unbranched alkanes of at least 4 members (excludes halogenated alkanes) is 1. The molecule has 0 saturated carbocycles. The van der Waals surface area contributed by atoms with Gasteiger partial charge in [0.2, 0.25) is 0 Å². The van der Waals surface area contributed by atoms with E-state index < -0.39 is 17.7 Å². The number of carbonyl (C=O) groups excluding carboxylic acids is 2. The second kappa shape index (κ2) is 11.9. The molecule has 40 heavy (non-hydrogen) atoms. The molecule has 2 aromatic carbocycles. The van der Waals surface area contributed by atoms with Crippen LogP contribution in [-0.4, -0.2) is 57.6 Å². The number of ether oxygens (including phenoxy) is 3. The summed E-state index contributed by atoms with van der Waals surface area (Å²) >= 11 is 0. The van der Waals surface area contributed by atoms with E-state index in [9.17, 15) is 14.7 Å². The van der Waals surface area contributed by atoms with Gasteiger partial charge in [-0.25, -0.2) is 4.98 Å². The minimum absolute atomic E-state index is 0.0407. The fourth-order valence-electron chi connectivity index (χ4n) is 5.32. The fourth-order valence-corrected chi connectivity index (χ4v) is 5.32. The zero-order valence-corrected chi connectivity index (χ0v) is 23.1. The van der Waals surface area contributed by atoms with Gasteiger partial charge >= 0.3 is 0 Å². The first-order valence-corrected chi connectivity index (χ1v) is 13.8. The van der Waals surface area contributed by atoms with Crippen molar-refractivity contribution in [3.05, 3.63) is 77.4 Å². The molecule has 0 spiro atoms. The second-order valence-electron chi connectivity index (χ2n) is 10.2. The third-order valence-electron chi connectivity index (χ3n) is 7.34. The first-order chi connectivity index (χ1) is 19.4. The van der Waals surface area contributed by atoms with Crippen LogP contribution in [0.3, 0.4) is 0 Å². The van der Waals surface area contributed by atoms with Crippen LogP contribution in [0.4, 0.5) is 0 Å². The minimum atomic E-state index is -0.787. The van der Waals surface area contributed by atoms with Crippen LogP contribution < -0.4 is 14.2 Å². The summed E-state index contributed by atoms with van der Waals surface area (Å²) in [6, 6.07) is 9.98. The Morgan fingerprint density at radius 1 is 1.12 bits per heavy atom. The number of carbonyl (C=O) groups is 2. The van der Waals surface area contributed by atoms with Crippen LogP contribution in [0, 0.1) is 0 Å². The highest BCUT2D eigenvalue weighted by Crippen LogP contribution is 2.43. The van der Waals surface area contributed by atoms with Crippen LogP contribution in [-0.2, 0) is 22.6 Å². The average molecular weight is 546 g/mol. The summed E-state index contributed by atoms with van der Waals surface area (Å²) in [5, 5.41) is 11.5. The van der Waals surface area contributed by atoms with Crippen molar-refractivity contribution in [1.29, 1.82) is 0 Å². The van der Waals surface area contributed by atoms with Crippen LogP contribution in [0.25, 0.3) is 5.76 Å². The van der Waals surface area contributed by atoms with Crippen molar-refractivity contribution in [2.45, 2.75) is 58.2 Å². The van der Waals surface area contributed by atoms with Crippen LogP contribution in [0.15, 0.2) is 60.7 Å². The van der Waals surface area contributed by atoms with Gasteiger partial charge in [-0.05, 0) is 61.2 Å². The van der Waals surface area contributed by atoms with Crippen molar-refractivity contribution >= 4 is 17.4 Å². The smallest absolute Gasteiger partial charge is 0.295 e. The Morgan fingerprint density at radius 3 is 2.73 bits per heavy atom. The Morgan fingerprint density at radius 2 is 1.98 bits per heavy atom. The molecule has 2 aliphatic heterocycles. The van der Waals surface area contributed by atoms with Crippen molar-refractivity contribution in [1.82, 2.24) is 14.5 Å². The highest BCUT2D eigenvalue weighted by Gasteiger charge is 2.46. The molecule has 1 amide bonds. The first-order valence-electron chi connectivity index (χ1n) is 13.8. The molecule has 2 atom stereocenters. The van der Waals surface area contributed by atoms with Crippen LogP contribution >= 0.6 is 0 Å². The number of imidazole rings is 1. The quantitative estimate of drug-likeness (QED) is 0.158. The average Bonchev–Trinajstić information content (AvgIpc) is 3.67. The second-order valence-corrected chi connectivity index (χ2v) is 10.2. The molecule has 1 saturated heterocycles. The van der Waals surface area contributed by atoms with Crippen LogP contribution in [0.2, 0.25) is 0 Å². The molecule has 1 N–H and O–H groups in total. The van der Waals surface area contributed by atoms with E-state index in [1.54, 1.807) is 43.9 Å². The van der Waals surface area contributed by atoms with E-state index in [0.717, 1.165) is 24.2 Å². The van der Waals surface area contributed by atoms with E-state index in [-0.39, 0.29) is 17.4 Å². The van der Waals surface area contributed by atoms with Crippen molar-refractivity contribution < 1.29 is 28.9 Å². The maximum Gasteiger partial charge on any atom is 0.295 e. The maximum absolute atomic E-state index is 13.5. The van der Waals surface area contributed by atoms with E-state index in [0.29, 0.717) is 55.2 Å².